The maximum atomic E-state index is 6.21. The molecule has 0 nitrogen and oxygen atoms in total. The Morgan fingerprint density at radius 3 is 1.61 bits per heavy atom. The molecule has 90 valence electrons. The summed E-state index contributed by atoms with van der Waals surface area (Å²) in [7, 11) is 6.21. The first-order valence-corrected chi connectivity index (χ1v) is 6.55. The van der Waals surface area contributed by atoms with Crippen molar-refractivity contribution in [2.75, 3.05) is 0 Å². The number of hydrogen-bond acceptors (Lipinski definition) is 0. The molecular formula is C17H19B. The lowest BCUT2D eigenvalue weighted by atomic mass is 9.67. The molecule has 0 aromatic heterocycles. The van der Waals surface area contributed by atoms with E-state index >= 15 is 0 Å². The van der Waals surface area contributed by atoms with Gasteiger partial charge < -0.3 is 0 Å². The fourth-order valence-corrected chi connectivity index (χ4v) is 2.69. The van der Waals surface area contributed by atoms with Crippen LogP contribution in [0.2, 0.25) is 5.82 Å². The van der Waals surface area contributed by atoms with Crippen molar-refractivity contribution in [1.82, 2.24) is 0 Å². The Morgan fingerprint density at radius 1 is 0.722 bits per heavy atom. The minimum absolute atomic E-state index is 0.141. The molecule has 1 heteroatoms. The second-order valence-electron chi connectivity index (χ2n) is 4.99. The molecule has 0 saturated carbocycles. The number of rotatable bonds is 4. The Morgan fingerprint density at radius 2 is 1.17 bits per heavy atom. The van der Waals surface area contributed by atoms with Crippen molar-refractivity contribution in [1.29, 1.82) is 0 Å². The Hall–Kier alpha value is -1.50. The van der Waals surface area contributed by atoms with E-state index in [4.69, 9.17) is 7.85 Å². The van der Waals surface area contributed by atoms with Gasteiger partial charge in [0.15, 0.2) is 0 Å². The molecule has 0 fully saturated rings. The van der Waals surface area contributed by atoms with E-state index in [1.165, 1.54) is 11.1 Å². The van der Waals surface area contributed by atoms with Gasteiger partial charge in [-0.25, -0.2) is 0 Å². The summed E-state index contributed by atoms with van der Waals surface area (Å²) in [5.41, 5.74) is 2.67. The summed E-state index contributed by atoms with van der Waals surface area (Å²) in [5, 5.41) is 0. The fourth-order valence-electron chi connectivity index (χ4n) is 2.69. The third-order valence-electron chi connectivity index (χ3n) is 3.61. The summed E-state index contributed by atoms with van der Waals surface area (Å²) in [6, 6.07) is 21.2. The summed E-state index contributed by atoms with van der Waals surface area (Å²) >= 11 is 0. The lowest BCUT2D eigenvalue weighted by molar-refractivity contribution is 0.559. The summed E-state index contributed by atoms with van der Waals surface area (Å²) in [4.78, 5) is 0. The van der Waals surface area contributed by atoms with Gasteiger partial charge in [0.2, 0.25) is 0 Å². The normalized spacial score (nSPS) is 15.9. The second kappa shape index (κ2) is 5.90. The third-order valence-corrected chi connectivity index (χ3v) is 3.61. The molecule has 2 aromatic carbocycles. The first-order valence-electron chi connectivity index (χ1n) is 6.55. The summed E-state index contributed by atoms with van der Waals surface area (Å²) < 4.78 is 0. The van der Waals surface area contributed by atoms with Crippen molar-refractivity contribution in [2.24, 2.45) is 0 Å². The van der Waals surface area contributed by atoms with E-state index in [2.05, 4.69) is 74.5 Å². The van der Waals surface area contributed by atoms with Gasteiger partial charge in [0, 0.05) is 0 Å². The highest BCUT2D eigenvalue weighted by atomic mass is 14.3. The predicted molar refractivity (Wildman–Crippen MR) is 79.2 cm³/mol. The zero-order valence-corrected chi connectivity index (χ0v) is 11.1. The maximum Gasteiger partial charge on any atom is 0.0704 e. The molecule has 0 heterocycles. The highest BCUT2D eigenvalue weighted by molar-refractivity contribution is 6.12. The minimum atomic E-state index is 0.141. The SMILES string of the molecule is [B][C@@H](C)[C@H](c1ccccc1)[C@@H](C)c1ccccc1. The second-order valence-corrected chi connectivity index (χ2v) is 4.99. The molecule has 0 bridgehead atoms. The zero-order valence-electron chi connectivity index (χ0n) is 11.1. The molecule has 0 spiro atoms. The average molecular weight is 234 g/mol. The van der Waals surface area contributed by atoms with Crippen molar-refractivity contribution < 1.29 is 0 Å². The molecular weight excluding hydrogens is 215 g/mol. The summed E-state index contributed by atoms with van der Waals surface area (Å²) in [5.74, 6) is 0.921. The molecule has 2 aromatic rings. The lowest BCUT2D eigenvalue weighted by Gasteiger charge is -2.28. The van der Waals surface area contributed by atoms with Gasteiger partial charge >= 0.3 is 0 Å². The van der Waals surface area contributed by atoms with E-state index in [0.717, 1.165) is 0 Å². The monoisotopic (exact) mass is 234 g/mol. The summed E-state index contributed by atoms with van der Waals surface area (Å²) in [6.07, 6.45) is 0. The topological polar surface area (TPSA) is 0 Å². The highest BCUT2D eigenvalue weighted by Crippen LogP contribution is 2.39. The minimum Gasteiger partial charge on any atom is -0.0728 e. The van der Waals surface area contributed by atoms with Gasteiger partial charge in [0.1, 0.15) is 0 Å². The van der Waals surface area contributed by atoms with Gasteiger partial charge in [-0.2, -0.15) is 0 Å². The van der Waals surface area contributed by atoms with Gasteiger partial charge in [0.05, 0.1) is 7.85 Å². The molecule has 0 aliphatic heterocycles. The first-order chi connectivity index (χ1) is 8.70. The van der Waals surface area contributed by atoms with Crippen LogP contribution in [0.1, 0.15) is 36.8 Å². The van der Waals surface area contributed by atoms with Crippen LogP contribution < -0.4 is 0 Å². The van der Waals surface area contributed by atoms with E-state index in [1.807, 2.05) is 0 Å². The summed E-state index contributed by atoms with van der Waals surface area (Å²) in [6.45, 7) is 4.35. The molecule has 0 N–H and O–H groups in total. The van der Waals surface area contributed by atoms with E-state index in [-0.39, 0.29) is 5.82 Å². The zero-order chi connectivity index (χ0) is 13.0. The number of hydrogen-bond donors (Lipinski definition) is 0. The Balaban J connectivity index is 2.32. The standard InChI is InChI=1S/C17H19B/c1-13(15-9-5-3-6-10-15)17(14(2)18)16-11-7-4-8-12-16/h3-14,17H,1-2H3/t13-,14-,17+/m0/s1. The Labute approximate surface area is 111 Å². The van der Waals surface area contributed by atoms with Crippen molar-refractivity contribution in [3.8, 4) is 0 Å². The average Bonchev–Trinajstić information content (AvgIpc) is 2.40. The van der Waals surface area contributed by atoms with Crippen molar-refractivity contribution >= 4 is 7.85 Å². The van der Waals surface area contributed by atoms with Crippen LogP contribution in [0.25, 0.3) is 0 Å². The van der Waals surface area contributed by atoms with Gasteiger partial charge in [0.25, 0.3) is 0 Å². The van der Waals surface area contributed by atoms with Crippen LogP contribution in [0.15, 0.2) is 60.7 Å². The maximum absolute atomic E-state index is 6.21. The van der Waals surface area contributed by atoms with Gasteiger partial charge in [-0.05, 0) is 23.0 Å². The smallest absolute Gasteiger partial charge is 0.0704 e. The van der Waals surface area contributed by atoms with Gasteiger partial charge in [-0.3, -0.25) is 0 Å². The Bertz CT molecular complexity index is 461. The van der Waals surface area contributed by atoms with Crippen LogP contribution >= 0.6 is 0 Å². The molecule has 0 saturated heterocycles. The van der Waals surface area contributed by atoms with E-state index in [1.54, 1.807) is 0 Å². The molecule has 0 amide bonds. The van der Waals surface area contributed by atoms with Crippen LogP contribution in [0.4, 0.5) is 0 Å². The molecule has 0 unspecified atom stereocenters. The van der Waals surface area contributed by atoms with Crippen molar-refractivity contribution in [3.63, 3.8) is 0 Å². The van der Waals surface area contributed by atoms with E-state index in [0.29, 0.717) is 11.8 Å². The van der Waals surface area contributed by atoms with Crippen LogP contribution in [0.5, 0.6) is 0 Å². The van der Waals surface area contributed by atoms with Crippen molar-refractivity contribution in [2.45, 2.75) is 31.5 Å². The third kappa shape index (κ3) is 2.84. The molecule has 3 atom stereocenters. The van der Waals surface area contributed by atoms with Crippen LogP contribution in [0.3, 0.4) is 0 Å². The predicted octanol–water partition coefficient (Wildman–Crippen LogP) is 4.55. The first kappa shape index (κ1) is 12.9. The molecule has 0 aliphatic carbocycles. The lowest BCUT2D eigenvalue weighted by Crippen LogP contribution is -2.13. The molecule has 2 radical (unpaired) electrons. The van der Waals surface area contributed by atoms with Crippen LogP contribution in [0, 0.1) is 0 Å². The molecule has 2 rings (SSSR count). The van der Waals surface area contributed by atoms with E-state index < -0.39 is 0 Å². The fraction of sp³-hybridized carbons (Fsp3) is 0.294. The molecule has 18 heavy (non-hydrogen) atoms. The van der Waals surface area contributed by atoms with Crippen LogP contribution in [-0.4, -0.2) is 7.85 Å². The largest absolute Gasteiger partial charge is 0.0728 e. The highest BCUT2D eigenvalue weighted by Gasteiger charge is 2.23. The van der Waals surface area contributed by atoms with E-state index in [9.17, 15) is 0 Å². The number of benzene rings is 2. The van der Waals surface area contributed by atoms with Gasteiger partial charge in [-0.1, -0.05) is 80.3 Å². The quantitative estimate of drug-likeness (QED) is 0.680. The Kier molecular flexibility index (Phi) is 4.25. The van der Waals surface area contributed by atoms with Crippen molar-refractivity contribution in [3.05, 3.63) is 71.8 Å². The van der Waals surface area contributed by atoms with Crippen LogP contribution in [-0.2, 0) is 0 Å². The molecule has 0 aliphatic rings. The van der Waals surface area contributed by atoms with Gasteiger partial charge in [-0.15, -0.1) is 0 Å².